The molecule has 3 aromatic rings. The molecule has 0 saturated carbocycles. The monoisotopic (exact) mass is 429 g/mol. The number of likely N-dealkylation sites (tertiary alicyclic amines) is 1. The number of aryl methyl sites for hydroxylation is 1. The van der Waals surface area contributed by atoms with Crippen LogP contribution in [0.15, 0.2) is 48.7 Å². The minimum atomic E-state index is -0.440. The second kappa shape index (κ2) is 6.61. The number of hydrogen-bond acceptors (Lipinski definition) is 4. The van der Waals surface area contributed by atoms with Crippen LogP contribution >= 0.6 is 0 Å². The number of rotatable bonds is 1. The first-order valence-corrected chi connectivity index (χ1v) is 11.3. The molecule has 0 aliphatic carbocycles. The minimum Gasteiger partial charge on any atom is -0.487 e. The van der Waals surface area contributed by atoms with Gasteiger partial charge in [0, 0.05) is 56.1 Å². The smallest absolute Gasteiger partial charge is 0.253 e. The zero-order chi connectivity index (χ0) is 22.1. The Morgan fingerprint density at radius 2 is 1.81 bits per heavy atom. The third-order valence-corrected chi connectivity index (χ3v) is 7.05. The predicted molar refractivity (Wildman–Crippen MR) is 121 cm³/mol. The quantitative estimate of drug-likeness (QED) is 0.578. The average molecular weight is 430 g/mol. The molecule has 0 radical (unpaired) electrons. The fraction of sp³-hybridized carbons (Fsp3) is 0.385. The third kappa shape index (κ3) is 2.85. The van der Waals surface area contributed by atoms with E-state index in [0.29, 0.717) is 13.1 Å². The Kier molecular flexibility index (Phi) is 4.01. The number of benzene rings is 2. The molecular formula is C26H27N3O3. The highest BCUT2D eigenvalue weighted by molar-refractivity contribution is 5.94. The zero-order valence-electron chi connectivity index (χ0n) is 18.7. The van der Waals surface area contributed by atoms with Crippen molar-refractivity contribution in [3.8, 4) is 22.8 Å². The molecule has 2 aromatic carbocycles. The second-order valence-corrected chi connectivity index (χ2v) is 9.78. The molecule has 0 N–H and O–H groups in total. The van der Waals surface area contributed by atoms with E-state index in [1.54, 1.807) is 0 Å². The number of fused-ring (bicyclic) bond motifs is 5. The van der Waals surface area contributed by atoms with Crippen LogP contribution in [0.25, 0.3) is 11.3 Å². The molecule has 1 amide bonds. The first-order chi connectivity index (χ1) is 15.4. The number of amides is 1. The van der Waals surface area contributed by atoms with E-state index in [0.717, 1.165) is 58.7 Å². The van der Waals surface area contributed by atoms with Gasteiger partial charge in [-0.15, -0.1) is 0 Å². The highest BCUT2D eigenvalue weighted by Gasteiger charge is 2.46. The van der Waals surface area contributed by atoms with Gasteiger partial charge in [-0.05, 0) is 49.7 Å². The number of piperidine rings is 1. The first kappa shape index (κ1) is 19.4. The maximum Gasteiger partial charge on any atom is 0.253 e. The van der Waals surface area contributed by atoms with Gasteiger partial charge in [0.2, 0.25) is 0 Å². The van der Waals surface area contributed by atoms with Crippen LogP contribution < -0.4 is 9.47 Å². The van der Waals surface area contributed by atoms with Crippen LogP contribution in [-0.4, -0.2) is 39.3 Å². The van der Waals surface area contributed by atoms with Gasteiger partial charge in [-0.25, -0.2) is 0 Å². The summed E-state index contributed by atoms with van der Waals surface area (Å²) < 4.78 is 14.5. The number of carbonyl (C=O) groups is 1. The van der Waals surface area contributed by atoms with Crippen molar-refractivity contribution in [2.24, 2.45) is 7.05 Å². The lowest BCUT2D eigenvalue weighted by atomic mass is 9.81. The fourth-order valence-corrected chi connectivity index (χ4v) is 5.47. The summed E-state index contributed by atoms with van der Waals surface area (Å²) in [5, 5.41) is 4.54. The molecule has 6 heteroatoms. The minimum absolute atomic E-state index is 0.0787. The Labute approximate surface area is 187 Å². The van der Waals surface area contributed by atoms with Crippen molar-refractivity contribution in [1.82, 2.24) is 14.7 Å². The van der Waals surface area contributed by atoms with Gasteiger partial charge in [0.05, 0.1) is 11.9 Å². The summed E-state index contributed by atoms with van der Waals surface area (Å²) >= 11 is 0. The van der Waals surface area contributed by atoms with Crippen LogP contribution in [0.5, 0.6) is 11.5 Å². The summed E-state index contributed by atoms with van der Waals surface area (Å²) in [5.74, 6) is 1.86. The molecule has 6 nitrogen and oxygen atoms in total. The molecule has 1 spiro atoms. The molecule has 1 saturated heterocycles. The van der Waals surface area contributed by atoms with Gasteiger partial charge in [0.25, 0.3) is 5.91 Å². The largest absolute Gasteiger partial charge is 0.487 e. The van der Waals surface area contributed by atoms with E-state index in [4.69, 9.17) is 9.47 Å². The predicted octanol–water partition coefficient (Wildman–Crippen LogP) is 4.32. The van der Waals surface area contributed by atoms with Crippen molar-refractivity contribution in [2.75, 3.05) is 13.1 Å². The summed E-state index contributed by atoms with van der Waals surface area (Å²) in [6.45, 7) is 5.45. The van der Waals surface area contributed by atoms with Crippen molar-refractivity contribution in [3.63, 3.8) is 0 Å². The van der Waals surface area contributed by atoms with Gasteiger partial charge >= 0.3 is 0 Å². The van der Waals surface area contributed by atoms with Gasteiger partial charge in [-0.2, -0.15) is 5.10 Å². The van der Waals surface area contributed by atoms with E-state index in [2.05, 4.69) is 25.0 Å². The highest BCUT2D eigenvalue weighted by atomic mass is 16.5. The Balaban J connectivity index is 1.25. The lowest BCUT2D eigenvalue weighted by molar-refractivity contribution is -0.00172. The topological polar surface area (TPSA) is 56.6 Å². The summed E-state index contributed by atoms with van der Waals surface area (Å²) in [7, 11) is 1.98. The van der Waals surface area contributed by atoms with E-state index in [-0.39, 0.29) is 11.5 Å². The van der Waals surface area contributed by atoms with E-state index in [1.165, 1.54) is 0 Å². The molecular weight excluding hydrogens is 402 g/mol. The van der Waals surface area contributed by atoms with Crippen molar-refractivity contribution in [2.45, 2.75) is 44.3 Å². The summed E-state index contributed by atoms with van der Waals surface area (Å²) in [6, 6.07) is 14.0. The molecule has 0 unspecified atom stereocenters. The number of para-hydroxylation sites is 1. The lowest BCUT2D eigenvalue weighted by Gasteiger charge is -2.44. The van der Waals surface area contributed by atoms with Crippen LogP contribution in [0.2, 0.25) is 0 Å². The van der Waals surface area contributed by atoms with Crippen molar-refractivity contribution in [1.29, 1.82) is 0 Å². The molecule has 32 heavy (non-hydrogen) atoms. The molecule has 0 atom stereocenters. The molecule has 6 rings (SSSR count). The number of nitrogens with zero attached hydrogens (tertiary/aromatic N) is 3. The van der Waals surface area contributed by atoms with Crippen LogP contribution in [0.4, 0.5) is 0 Å². The standard InChI is InChI=1S/C26H27N3O3/c1-25(2)15-18-14-17(8-9-21(18)31-25)24(30)29-12-10-26(11-13-29)20-16-27-28(3)23(20)19-6-4-5-7-22(19)32-26/h4-9,14,16H,10-13,15H2,1-3H3. The number of aromatic nitrogens is 2. The molecule has 3 aliphatic heterocycles. The molecule has 1 fully saturated rings. The molecule has 164 valence electrons. The number of hydrogen-bond donors (Lipinski definition) is 0. The Morgan fingerprint density at radius 1 is 1.03 bits per heavy atom. The van der Waals surface area contributed by atoms with Crippen molar-refractivity contribution >= 4 is 5.91 Å². The first-order valence-electron chi connectivity index (χ1n) is 11.3. The fourth-order valence-electron chi connectivity index (χ4n) is 5.47. The molecule has 1 aromatic heterocycles. The van der Waals surface area contributed by atoms with Gasteiger partial charge in [0.1, 0.15) is 22.7 Å². The van der Waals surface area contributed by atoms with E-state index >= 15 is 0 Å². The van der Waals surface area contributed by atoms with E-state index in [1.807, 2.05) is 59.2 Å². The van der Waals surface area contributed by atoms with Crippen LogP contribution in [0, 0.1) is 0 Å². The average Bonchev–Trinajstić information content (AvgIpc) is 3.32. The van der Waals surface area contributed by atoms with Crippen molar-refractivity contribution < 1.29 is 14.3 Å². The van der Waals surface area contributed by atoms with Crippen LogP contribution in [0.1, 0.15) is 48.2 Å². The maximum absolute atomic E-state index is 13.3. The Morgan fingerprint density at radius 3 is 2.62 bits per heavy atom. The van der Waals surface area contributed by atoms with Gasteiger partial charge in [0.15, 0.2) is 0 Å². The van der Waals surface area contributed by atoms with Gasteiger partial charge < -0.3 is 14.4 Å². The number of carbonyl (C=O) groups excluding carboxylic acids is 1. The van der Waals surface area contributed by atoms with Gasteiger partial charge in [-0.1, -0.05) is 12.1 Å². The van der Waals surface area contributed by atoms with E-state index in [9.17, 15) is 4.79 Å². The zero-order valence-corrected chi connectivity index (χ0v) is 18.7. The third-order valence-electron chi connectivity index (χ3n) is 7.05. The van der Waals surface area contributed by atoms with Crippen LogP contribution in [-0.2, 0) is 19.1 Å². The van der Waals surface area contributed by atoms with Crippen molar-refractivity contribution in [3.05, 3.63) is 65.4 Å². The maximum atomic E-state index is 13.3. The Bertz CT molecular complexity index is 1230. The normalized spacial score (nSPS) is 19.5. The summed E-state index contributed by atoms with van der Waals surface area (Å²) in [5.41, 5.74) is 4.52. The number of ether oxygens (including phenoxy) is 2. The Hall–Kier alpha value is -3.28. The summed E-state index contributed by atoms with van der Waals surface area (Å²) in [6.07, 6.45) is 4.24. The summed E-state index contributed by atoms with van der Waals surface area (Å²) in [4.78, 5) is 15.3. The van der Waals surface area contributed by atoms with Crippen LogP contribution in [0.3, 0.4) is 0 Å². The highest BCUT2D eigenvalue weighted by Crippen LogP contribution is 2.49. The second-order valence-electron chi connectivity index (χ2n) is 9.78. The van der Waals surface area contributed by atoms with Gasteiger partial charge in [-0.3, -0.25) is 9.48 Å². The molecule has 0 bridgehead atoms. The molecule has 4 heterocycles. The lowest BCUT2D eigenvalue weighted by Crippen LogP contribution is -2.49. The van der Waals surface area contributed by atoms with E-state index < -0.39 is 5.60 Å². The SMILES string of the molecule is Cn1ncc2c1-c1ccccc1OC21CCN(C(=O)c2ccc3c(c2)CC(C)(C)O3)CC1. The molecule has 3 aliphatic rings.